The number of carbonyl (C=O) groups is 3. The summed E-state index contributed by atoms with van der Waals surface area (Å²) in [6.45, 7) is 5.43. The van der Waals surface area contributed by atoms with Gasteiger partial charge in [0.25, 0.3) is 5.91 Å². The van der Waals surface area contributed by atoms with Gasteiger partial charge in [0.15, 0.2) is 5.78 Å². The maximum Gasteiger partial charge on any atom is 0.338 e. The van der Waals surface area contributed by atoms with E-state index < -0.39 is 23.9 Å². The third-order valence-electron chi connectivity index (χ3n) is 7.61. The molecule has 41 heavy (non-hydrogen) atoms. The number of hydrogen-bond donors (Lipinski definition) is 4. The van der Waals surface area contributed by atoms with Crippen LogP contribution in [0.25, 0.3) is 0 Å². The number of aromatic hydroxyl groups is 2. The van der Waals surface area contributed by atoms with E-state index in [9.17, 15) is 24.6 Å². The standard InChI is InChI=1S/C32H36N2O7/c1-4-19(2)24-16-22(11-13-27(24)35)31(38)34-26-18-33-15-5-6-29(26)41-32(39)21-9-7-20(8-10-21)30(37)25-17-23(40-3)12-14-28(25)36/h7-14,16-17,19,26,29,33,35-36H,4-6,15,18H2,1-3H3,(H,34,38)/p+1. The van der Waals surface area contributed by atoms with Gasteiger partial charge in [0.2, 0.25) is 0 Å². The largest absolute Gasteiger partial charge is 0.508 e. The summed E-state index contributed by atoms with van der Waals surface area (Å²) in [5.74, 6) is -0.711. The lowest BCUT2D eigenvalue weighted by Gasteiger charge is -2.25. The fraction of sp³-hybridized carbons (Fsp3) is 0.344. The van der Waals surface area contributed by atoms with Crippen molar-refractivity contribution in [3.8, 4) is 17.2 Å². The van der Waals surface area contributed by atoms with Gasteiger partial charge < -0.3 is 30.3 Å². The highest BCUT2D eigenvalue weighted by Crippen LogP contribution is 2.29. The van der Waals surface area contributed by atoms with E-state index >= 15 is 0 Å². The molecule has 0 bridgehead atoms. The average molecular weight is 562 g/mol. The molecule has 1 saturated heterocycles. The molecule has 9 nitrogen and oxygen atoms in total. The number of hydrogen-bond acceptors (Lipinski definition) is 7. The average Bonchev–Trinajstić information content (AvgIpc) is 3.21. The van der Waals surface area contributed by atoms with Crippen molar-refractivity contribution in [1.82, 2.24) is 5.32 Å². The van der Waals surface area contributed by atoms with Crippen LogP contribution in [-0.2, 0) is 4.74 Å². The first-order valence-electron chi connectivity index (χ1n) is 13.9. The van der Waals surface area contributed by atoms with Crippen LogP contribution in [0.5, 0.6) is 17.2 Å². The Morgan fingerprint density at radius 3 is 2.37 bits per heavy atom. The highest BCUT2D eigenvalue weighted by Gasteiger charge is 2.31. The summed E-state index contributed by atoms with van der Waals surface area (Å²) in [4.78, 5) is 39.2. The molecular weight excluding hydrogens is 524 g/mol. The molecule has 0 aliphatic carbocycles. The minimum Gasteiger partial charge on any atom is -0.508 e. The Morgan fingerprint density at radius 1 is 0.976 bits per heavy atom. The number of ether oxygens (including phenoxy) is 2. The maximum absolute atomic E-state index is 13.2. The monoisotopic (exact) mass is 561 g/mol. The number of phenols is 2. The fourth-order valence-electron chi connectivity index (χ4n) is 4.91. The van der Waals surface area contributed by atoms with Gasteiger partial charge >= 0.3 is 5.97 Å². The molecular formula is C32H37N2O7+. The van der Waals surface area contributed by atoms with Gasteiger partial charge in [0.1, 0.15) is 29.4 Å². The number of methoxy groups -OCH3 is 1. The van der Waals surface area contributed by atoms with Crippen molar-refractivity contribution >= 4 is 17.7 Å². The molecule has 5 N–H and O–H groups in total. The molecule has 3 aromatic carbocycles. The van der Waals surface area contributed by atoms with Crippen LogP contribution in [0.2, 0.25) is 0 Å². The van der Waals surface area contributed by atoms with Crippen LogP contribution < -0.4 is 15.4 Å². The third-order valence-corrected chi connectivity index (χ3v) is 7.61. The molecule has 4 rings (SSSR count). The Bertz CT molecular complexity index is 1400. The Kier molecular flexibility index (Phi) is 9.62. The molecule has 0 aromatic heterocycles. The second-order valence-corrected chi connectivity index (χ2v) is 10.4. The van der Waals surface area contributed by atoms with Crippen LogP contribution in [0.1, 0.15) is 81.2 Å². The summed E-state index contributed by atoms with van der Waals surface area (Å²) in [6, 6.07) is 14.9. The number of esters is 1. The van der Waals surface area contributed by atoms with Gasteiger partial charge in [0.05, 0.1) is 31.3 Å². The molecule has 0 saturated carbocycles. The van der Waals surface area contributed by atoms with Gasteiger partial charge in [-0.3, -0.25) is 9.59 Å². The van der Waals surface area contributed by atoms with Crippen molar-refractivity contribution in [3.05, 3.63) is 88.5 Å². The number of ketones is 1. The molecule has 9 heteroatoms. The minimum atomic E-state index is -0.553. The second kappa shape index (κ2) is 13.3. The maximum atomic E-state index is 13.2. The second-order valence-electron chi connectivity index (χ2n) is 10.4. The third kappa shape index (κ3) is 7.05. The lowest BCUT2D eigenvalue weighted by molar-refractivity contribution is -0.655. The molecule has 0 spiro atoms. The fourth-order valence-corrected chi connectivity index (χ4v) is 4.91. The summed E-state index contributed by atoms with van der Waals surface area (Å²) < 4.78 is 11.0. The zero-order valence-electron chi connectivity index (χ0n) is 23.6. The SMILES string of the molecule is CCC(C)c1cc(C(=O)NC2C[NH2+]CCCC2OC(=O)c2ccc(C(=O)c3cc(OC)ccc3O)cc2)ccc1O. The highest BCUT2D eigenvalue weighted by atomic mass is 16.5. The first kappa shape index (κ1) is 29.6. The van der Waals surface area contributed by atoms with Crippen molar-refractivity contribution in [2.75, 3.05) is 20.2 Å². The zero-order chi connectivity index (χ0) is 29.5. The molecule has 1 amide bonds. The molecule has 0 radical (unpaired) electrons. The summed E-state index contributed by atoms with van der Waals surface area (Å²) in [6.07, 6.45) is 1.70. The van der Waals surface area contributed by atoms with Gasteiger partial charge in [-0.1, -0.05) is 26.0 Å². The number of rotatable bonds is 9. The number of carbonyl (C=O) groups excluding carboxylic acids is 3. The van der Waals surface area contributed by atoms with Gasteiger partial charge in [-0.2, -0.15) is 0 Å². The van der Waals surface area contributed by atoms with E-state index in [1.165, 1.54) is 49.6 Å². The van der Waals surface area contributed by atoms with E-state index in [1.807, 2.05) is 13.8 Å². The summed E-state index contributed by atoms with van der Waals surface area (Å²) in [5.41, 5.74) is 1.82. The number of quaternary nitrogens is 1. The molecule has 1 fully saturated rings. The van der Waals surface area contributed by atoms with Crippen molar-refractivity contribution in [1.29, 1.82) is 0 Å². The highest BCUT2D eigenvalue weighted by molar-refractivity contribution is 6.11. The molecule has 1 aliphatic rings. The van der Waals surface area contributed by atoms with Crippen molar-refractivity contribution in [2.24, 2.45) is 0 Å². The number of nitrogens with two attached hydrogens (primary N) is 1. The number of benzene rings is 3. The lowest BCUT2D eigenvalue weighted by Crippen LogP contribution is -2.87. The van der Waals surface area contributed by atoms with E-state index in [1.54, 1.807) is 18.2 Å². The van der Waals surface area contributed by atoms with Crippen molar-refractivity contribution < 1.29 is 39.4 Å². The Labute approximate surface area is 239 Å². The topological polar surface area (TPSA) is 139 Å². The van der Waals surface area contributed by atoms with Gasteiger partial charge in [-0.25, -0.2) is 4.79 Å². The molecule has 1 heterocycles. The lowest BCUT2D eigenvalue weighted by atomic mass is 9.95. The number of amides is 1. The van der Waals surface area contributed by atoms with E-state index in [2.05, 4.69) is 10.6 Å². The van der Waals surface area contributed by atoms with Crippen LogP contribution in [0.3, 0.4) is 0 Å². The molecule has 3 unspecified atom stereocenters. The molecule has 1 aliphatic heterocycles. The first-order valence-corrected chi connectivity index (χ1v) is 13.9. The quantitative estimate of drug-likeness (QED) is 0.232. The predicted octanol–water partition coefficient (Wildman–Crippen LogP) is 3.53. The smallest absolute Gasteiger partial charge is 0.338 e. The number of nitrogens with one attached hydrogen (secondary N) is 1. The summed E-state index contributed by atoms with van der Waals surface area (Å²) in [5, 5.41) is 25.5. The minimum absolute atomic E-state index is 0.0952. The van der Waals surface area contributed by atoms with Gasteiger partial charge in [-0.15, -0.1) is 0 Å². The van der Waals surface area contributed by atoms with Crippen molar-refractivity contribution in [3.63, 3.8) is 0 Å². The molecule has 3 atom stereocenters. The predicted molar refractivity (Wildman–Crippen MR) is 153 cm³/mol. The molecule has 216 valence electrons. The van der Waals surface area contributed by atoms with E-state index in [4.69, 9.17) is 9.47 Å². The van der Waals surface area contributed by atoms with Crippen LogP contribution in [-0.4, -0.2) is 60.2 Å². The van der Waals surface area contributed by atoms with Crippen molar-refractivity contribution in [2.45, 2.75) is 51.2 Å². The van der Waals surface area contributed by atoms with E-state index in [-0.39, 0.29) is 34.5 Å². The van der Waals surface area contributed by atoms with Crippen LogP contribution in [0.4, 0.5) is 0 Å². The van der Waals surface area contributed by atoms with Gasteiger partial charge in [-0.05, 0) is 72.9 Å². The normalized spacial score (nSPS) is 17.6. The van der Waals surface area contributed by atoms with E-state index in [0.29, 0.717) is 29.8 Å². The summed E-state index contributed by atoms with van der Waals surface area (Å²) >= 11 is 0. The van der Waals surface area contributed by atoms with Crippen LogP contribution >= 0.6 is 0 Å². The van der Waals surface area contributed by atoms with Gasteiger partial charge in [0, 0.05) is 17.5 Å². The zero-order valence-corrected chi connectivity index (χ0v) is 23.6. The van der Waals surface area contributed by atoms with Crippen LogP contribution in [0, 0.1) is 0 Å². The summed E-state index contributed by atoms with van der Waals surface area (Å²) in [7, 11) is 1.47. The van der Waals surface area contributed by atoms with E-state index in [0.717, 1.165) is 24.9 Å². The Morgan fingerprint density at radius 2 is 1.66 bits per heavy atom. The first-order chi connectivity index (χ1) is 19.7. The molecule has 3 aromatic rings. The Balaban J connectivity index is 1.46. The Hall–Kier alpha value is -4.37. The van der Waals surface area contributed by atoms with Crippen LogP contribution in [0.15, 0.2) is 60.7 Å². The number of phenolic OH excluding ortho intramolecular Hbond substituents is 2.